The minimum absolute atomic E-state index is 0.0856. The molecule has 0 radical (unpaired) electrons. The Labute approximate surface area is 148 Å². The number of likely N-dealkylation sites (N-methyl/N-ethyl adjacent to an activating group) is 1. The van der Waals surface area contributed by atoms with Crippen LogP contribution >= 0.6 is 0 Å². The van der Waals surface area contributed by atoms with Crippen molar-refractivity contribution in [2.45, 2.75) is 6.54 Å². The second-order valence-electron chi connectivity index (χ2n) is 5.47. The molecule has 0 aromatic heterocycles. The summed E-state index contributed by atoms with van der Waals surface area (Å²) in [7, 11) is 6.44. The second-order valence-corrected chi connectivity index (χ2v) is 5.47. The number of carbonyl (C=O) groups is 1. The minimum atomic E-state index is -0.0856. The molecular formula is C20H23NO4. The van der Waals surface area contributed by atoms with Gasteiger partial charge in [0.2, 0.25) is 11.7 Å². The number of hydrogen-bond acceptors (Lipinski definition) is 4. The Hall–Kier alpha value is -2.95. The summed E-state index contributed by atoms with van der Waals surface area (Å²) in [5, 5.41) is 0. The number of hydrogen-bond donors (Lipinski definition) is 0. The van der Waals surface area contributed by atoms with Crippen LogP contribution in [0.25, 0.3) is 6.08 Å². The zero-order valence-corrected chi connectivity index (χ0v) is 15.0. The van der Waals surface area contributed by atoms with E-state index in [9.17, 15) is 4.79 Å². The van der Waals surface area contributed by atoms with E-state index >= 15 is 0 Å². The van der Waals surface area contributed by atoms with Crippen LogP contribution in [-0.2, 0) is 11.3 Å². The van der Waals surface area contributed by atoms with Gasteiger partial charge >= 0.3 is 0 Å². The molecule has 0 unspecified atom stereocenters. The Morgan fingerprint density at radius 1 is 1.00 bits per heavy atom. The van der Waals surface area contributed by atoms with Crippen molar-refractivity contribution in [3.05, 3.63) is 59.7 Å². The lowest BCUT2D eigenvalue weighted by Crippen LogP contribution is -2.24. The van der Waals surface area contributed by atoms with Crippen molar-refractivity contribution < 1.29 is 19.0 Å². The van der Waals surface area contributed by atoms with Gasteiger partial charge in [-0.3, -0.25) is 4.79 Å². The smallest absolute Gasteiger partial charge is 0.246 e. The molecule has 0 N–H and O–H groups in total. The average molecular weight is 341 g/mol. The fourth-order valence-electron chi connectivity index (χ4n) is 2.43. The van der Waals surface area contributed by atoms with E-state index in [1.54, 1.807) is 51.5 Å². The van der Waals surface area contributed by atoms with Gasteiger partial charge in [-0.2, -0.15) is 0 Å². The first kappa shape index (κ1) is 18.4. The second kappa shape index (κ2) is 8.78. The molecule has 2 aromatic rings. The SMILES string of the molecule is COc1cc(/C=C/C(=O)N(C)Cc2ccccc2)cc(OC)c1OC. The van der Waals surface area contributed by atoms with Gasteiger partial charge in [0.25, 0.3) is 0 Å². The summed E-state index contributed by atoms with van der Waals surface area (Å²) in [4.78, 5) is 14.0. The first-order valence-electron chi connectivity index (χ1n) is 7.86. The zero-order chi connectivity index (χ0) is 18.2. The minimum Gasteiger partial charge on any atom is -0.493 e. The highest BCUT2D eigenvalue weighted by atomic mass is 16.5. The van der Waals surface area contributed by atoms with Crippen LogP contribution in [0.4, 0.5) is 0 Å². The van der Waals surface area contributed by atoms with Gasteiger partial charge in [-0.1, -0.05) is 30.3 Å². The van der Waals surface area contributed by atoms with Crippen LogP contribution in [0.15, 0.2) is 48.5 Å². The van der Waals surface area contributed by atoms with Crippen molar-refractivity contribution in [1.29, 1.82) is 0 Å². The molecule has 2 aromatic carbocycles. The molecular weight excluding hydrogens is 318 g/mol. The predicted octanol–water partition coefficient (Wildman–Crippen LogP) is 3.38. The monoisotopic (exact) mass is 341 g/mol. The van der Waals surface area contributed by atoms with Crippen molar-refractivity contribution >= 4 is 12.0 Å². The topological polar surface area (TPSA) is 48.0 Å². The molecule has 5 heteroatoms. The van der Waals surface area contributed by atoms with Crippen molar-refractivity contribution in [2.24, 2.45) is 0 Å². The summed E-state index contributed by atoms with van der Waals surface area (Å²) in [5.41, 5.74) is 1.87. The van der Waals surface area contributed by atoms with E-state index in [1.165, 1.54) is 6.08 Å². The zero-order valence-electron chi connectivity index (χ0n) is 15.0. The average Bonchev–Trinajstić information content (AvgIpc) is 2.65. The van der Waals surface area contributed by atoms with Crippen LogP contribution in [0.3, 0.4) is 0 Å². The Kier molecular flexibility index (Phi) is 6.46. The van der Waals surface area contributed by atoms with Crippen molar-refractivity contribution in [3.8, 4) is 17.2 Å². The molecule has 5 nitrogen and oxygen atoms in total. The lowest BCUT2D eigenvalue weighted by molar-refractivity contribution is -0.125. The van der Waals surface area contributed by atoms with Crippen molar-refractivity contribution in [1.82, 2.24) is 4.90 Å². The summed E-state index contributed by atoms with van der Waals surface area (Å²) in [5.74, 6) is 1.53. The molecule has 0 aliphatic heterocycles. The highest BCUT2D eigenvalue weighted by molar-refractivity contribution is 5.91. The molecule has 0 saturated carbocycles. The van der Waals surface area contributed by atoms with Gasteiger partial charge in [-0.05, 0) is 29.3 Å². The quantitative estimate of drug-likeness (QED) is 0.725. The molecule has 0 aliphatic carbocycles. The number of ether oxygens (including phenoxy) is 3. The standard InChI is InChI=1S/C20H23NO4/c1-21(14-15-8-6-5-7-9-15)19(22)11-10-16-12-17(23-2)20(25-4)18(13-16)24-3/h5-13H,14H2,1-4H3/b11-10+. The van der Waals surface area contributed by atoms with Crippen LogP contribution < -0.4 is 14.2 Å². The van der Waals surface area contributed by atoms with E-state index in [-0.39, 0.29) is 5.91 Å². The summed E-state index contributed by atoms with van der Waals surface area (Å²) in [6, 6.07) is 13.4. The molecule has 2 rings (SSSR count). The largest absolute Gasteiger partial charge is 0.493 e. The lowest BCUT2D eigenvalue weighted by atomic mass is 10.1. The van der Waals surface area contributed by atoms with Crippen LogP contribution in [-0.4, -0.2) is 39.2 Å². The number of methoxy groups -OCH3 is 3. The molecule has 0 heterocycles. The van der Waals surface area contributed by atoms with Gasteiger partial charge in [0.05, 0.1) is 21.3 Å². The third kappa shape index (κ3) is 4.76. The predicted molar refractivity (Wildman–Crippen MR) is 98.0 cm³/mol. The van der Waals surface area contributed by atoms with Crippen LogP contribution in [0.2, 0.25) is 0 Å². The van der Waals surface area contributed by atoms with Crippen LogP contribution in [0.1, 0.15) is 11.1 Å². The summed E-state index contributed by atoms with van der Waals surface area (Å²) in [6.07, 6.45) is 3.26. The van der Waals surface area contributed by atoms with Crippen LogP contribution in [0, 0.1) is 0 Å². The van der Waals surface area contributed by atoms with Crippen molar-refractivity contribution in [2.75, 3.05) is 28.4 Å². The summed E-state index contributed by atoms with van der Waals surface area (Å²) < 4.78 is 15.9. The molecule has 1 amide bonds. The number of nitrogens with zero attached hydrogens (tertiary/aromatic N) is 1. The number of benzene rings is 2. The molecule has 0 atom stereocenters. The maximum absolute atomic E-state index is 12.3. The van der Waals surface area contributed by atoms with Crippen LogP contribution in [0.5, 0.6) is 17.2 Å². The first-order chi connectivity index (χ1) is 12.1. The molecule has 0 aliphatic rings. The molecule has 0 spiro atoms. The molecule has 0 saturated heterocycles. The highest BCUT2D eigenvalue weighted by Crippen LogP contribution is 2.38. The van der Waals surface area contributed by atoms with E-state index in [2.05, 4.69) is 0 Å². The fourth-order valence-corrected chi connectivity index (χ4v) is 2.43. The normalized spacial score (nSPS) is 10.6. The summed E-state index contributed by atoms with van der Waals surface area (Å²) in [6.45, 7) is 0.555. The molecule has 25 heavy (non-hydrogen) atoms. The number of amides is 1. The van der Waals surface area contributed by atoms with E-state index in [0.29, 0.717) is 23.8 Å². The lowest BCUT2D eigenvalue weighted by Gasteiger charge is -2.15. The van der Waals surface area contributed by atoms with Gasteiger partial charge in [-0.25, -0.2) is 0 Å². The third-order valence-corrected chi connectivity index (χ3v) is 3.74. The molecule has 132 valence electrons. The Morgan fingerprint density at radius 3 is 2.12 bits per heavy atom. The van der Waals surface area contributed by atoms with E-state index in [0.717, 1.165) is 11.1 Å². The van der Waals surface area contributed by atoms with Crippen molar-refractivity contribution in [3.63, 3.8) is 0 Å². The van der Waals surface area contributed by atoms with E-state index in [1.807, 2.05) is 30.3 Å². The number of carbonyl (C=O) groups excluding carboxylic acids is 1. The van der Waals surface area contributed by atoms with Gasteiger partial charge < -0.3 is 19.1 Å². The molecule has 0 fully saturated rings. The third-order valence-electron chi connectivity index (χ3n) is 3.74. The van der Waals surface area contributed by atoms with Gasteiger partial charge in [0, 0.05) is 19.7 Å². The van der Waals surface area contributed by atoms with E-state index in [4.69, 9.17) is 14.2 Å². The molecule has 0 bridgehead atoms. The van der Waals surface area contributed by atoms with Gasteiger partial charge in [0.1, 0.15) is 0 Å². The van der Waals surface area contributed by atoms with E-state index < -0.39 is 0 Å². The maximum Gasteiger partial charge on any atom is 0.246 e. The Balaban J connectivity index is 2.13. The van der Waals surface area contributed by atoms with Gasteiger partial charge in [0.15, 0.2) is 11.5 Å². The fraction of sp³-hybridized carbons (Fsp3) is 0.250. The Bertz CT molecular complexity index is 716. The Morgan fingerprint density at radius 2 is 1.60 bits per heavy atom. The maximum atomic E-state index is 12.3. The van der Waals surface area contributed by atoms with Gasteiger partial charge in [-0.15, -0.1) is 0 Å². The first-order valence-corrected chi connectivity index (χ1v) is 7.86. The number of rotatable bonds is 7. The summed E-state index contributed by atoms with van der Waals surface area (Å²) >= 11 is 0. The highest BCUT2D eigenvalue weighted by Gasteiger charge is 2.12.